The number of fused-ring (bicyclic) bond motifs is 1. The number of nitriles is 1. The molecule has 0 aliphatic carbocycles. The van der Waals surface area contributed by atoms with Crippen molar-refractivity contribution in [1.29, 1.82) is 5.26 Å². The third kappa shape index (κ3) is 3.46. The minimum atomic E-state index is -3.79. The molecule has 0 unspecified atom stereocenters. The van der Waals surface area contributed by atoms with E-state index in [2.05, 4.69) is 4.98 Å². The minimum Gasteiger partial charge on any atom is -0.336 e. The quantitative estimate of drug-likeness (QED) is 0.665. The molecule has 3 aromatic rings. The summed E-state index contributed by atoms with van der Waals surface area (Å²) in [5.74, 6) is -0.163. The first-order valence-electron chi connectivity index (χ1n) is 9.14. The molecule has 0 radical (unpaired) electrons. The van der Waals surface area contributed by atoms with Crippen molar-refractivity contribution in [2.75, 3.05) is 26.2 Å². The number of pyridine rings is 1. The number of para-hydroxylation sites is 1. The highest BCUT2D eigenvalue weighted by molar-refractivity contribution is 7.89. The molecule has 146 valence electrons. The molecule has 1 aliphatic rings. The monoisotopic (exact) mass is 406 g/mol. The van der Waals surface area contributed by atoms with Gasteiger partial charge in [-0.05, 0) is 24.3 Å². The van der Waals surface area contributed by atoms with Crippen LogP contribution in [0.1, 0.15) is 15.9 Å². The van der Waals surface area contributed by atoms with Crippen molar-refractivity contribution in [2.24, 2.45) is 0 Å². The van der Waals surface area contributed by atoms with Crippen molar-refractivity contribution in [3.8, 4) is 6.07 Å². The number of hydrogen-bond donors (Lipinski definition) is 0. The van der Waals surface area contributed by atoms with Crippen LogP contribution in [0.4, 0.5) is 0 Å². The lowest BCUT2D eigenvalue weighted by atomic mass is 10.1. The predicted molar refractivity (Wildman–Crippen MR) is 108 cm³/mol. The van der Waals surface area contributed by atoms with Crippen LogP contribution in [0.5, 0.6) is 0 Å². The first kappa shape index (κ1) is 19.1. The molecule has 1 saturated heterocycles. The van der Waals surface area contributed by atoms with Gasteiger partial charge in [-0.2, -0.15) is 9.57 Å². The SMILES string of the molecule is N#Cc1ccccc1S(=O)(=O)N1CCN(C(=O)c2cccc3cccnc23)CC1. The summed E-state index contributed by atoms with van der Waals surface area (Å²) in [6.07, 6.45) is 1.65. The van der Waals surface area contributed by atoms with Crippen LogP contribution in [0.2, 0.25) is 0 Å². The number of aromatic nitrogens is 1. The lowest BCUT2D eigenvalue weighted by Crippen LogP contribution is -2.50. The van der Waals surface area contributed by atoms with E-state index in [-0.39, 0.29) is 42.5 Å². The lowest BCUT2D eigenvalue weighted by Gasteiger charge is -2.34. The molecule has 0 bridgehead atoms. The van der Waals surface area contributed by atoms with Crippen LogP contribution >= 0.6 is 0 Å². The number of piperazine rings is 1. The zero-order valence-electron chi connectivity index (χ0n) is 15.5. The van der Waals surface area contributed by atoms with Crippen LogP contribution in [0.3, 0.4) is 0 Å². The Kier molecular flexibility index (Phi) is 5.01. The third-order valence-corrected chi connectivity index (χ3v) is 6.97. The largest absolute Gasteiger partial charge is 0.336 e. The smallest absolute Gasteiger partial charge is 0.256 e. The van der Waals surface area contributed by atoms with Crippen molar-refractivity contribution in [3.05, 3.63) is 71.9 Å². The van der Waals surface area contributed by atoms with Crippen LogP contribution in [0, 0.1) is 11.3 Å². The average Bonchev–Trinajstić information content (AvgIpc) is 2.78. The fraction of sp³-hybridized carbons (Fsp3) is 0.190. The first-order valence-corrected chi connectivity index (χ1v) is 10.6. The second kappa shape index (κ2) is 7.62. The summed E-state index contributed by atoms with van der Waals surface area (Å²) in [6.45, 7) is 0.893. The van der Waals surface area contributed by atoms with Crippen molar-refractivity contribution >= 4 is 26.8 Å². The standard InChI is InChI=1S/C21H18N4O3S/c22-15-17-5-1-2-9-19(17)29(27,28)25-13-11-24(12-14-25)21(26)18-8-3-6-16-7-4-10-23-20(16)18/h1-10H,11-14H2. The van der Waals surface area contributed by atoms with Gasteiger partial charge in [-0.15, -0.1) is 0 Å². The summed E-state index contributed by atoms with van der Waals surface area (Å²) in [5, 5.41) is 10.1. The van der Waals surface area contributed by atoms with Gasteiger partial charge in [0.2, 0.25) is 10.0 Å². The maximum absolute atomic E-state index is 13.0. The molecule has 7 nitrogen and oxygen atoms in total. The van der Waals surface area contributed by atoms with Crippen molar-refractivity contribution in [1.82, 2.24) is 14.2 Å². The maximum atomic E-state index is 13.0. The van der Waals surface area contributed by atoms with Gasteiger partial charge in [-0.25, -0.2) is 8.42 Å². The normalized spacial score (nSPS) is 15.2. The van der Waals surface area contributed by atoms with Gasteiger partial charge < -0.3 is 4.90 Å². The molecular weight excluding hydrogens is 388 g/mol. The molecule has 0 N–H and O–H groups in total. The summed E-state index contributed by atoms with van der Waals surface area (Å²) in [6, 6.07) is 17.3. The fourth-order valence-electron chi connectivity index (χ4n) is 3.50. The van der Waals surface area contributed by atoms with E-state index in [9.17, 15) is 18.5 Å². The molecule has 1 aromatic heterocycles. The van der Waals surface area contributed by atoms with Crippen molar-refractivity contribution in [2.45, 2.75) is 4.90 Å². The van der Waals surface area contributed by atoms with Crippen LogP contribution in [0.15, 0.2) is 65.7 Å². The van der Waals surface area contributed by atoms with Crippen LogP contribution in [0.25, 0.3) is 10.9 Å². The van der Waals surface area contributed by atoms with E-state index in [0.717, 1.165) is 5.39 Å². The topological polar surface area (TPSA) is 94.4 Å². The van der Waals surface area contributed by atoms with E-state index in [0.29, 0.717) is 11.1 Å². The van der Waals surface area contributed by atoms with Crippen LogP contribution in [-0.4, -0.2) is 54.7 Å². The van der Waals surface area contributed by atoms with E-state index in [1.54, 1.807) is 29.3 Å². The van der Waals surface area contributed by atoms with E-state index in [1.165, 1.54) is 16.4 Å². The Labute approximate surface area is 168 Å². The van der Waals surface area contributed by atoms with Gasteiger partial charge in [0.25, 0.3) is 5.91 Å². The Morgan fingerprint density at radius 2 is 1.69 bits per heavy atom. The van der Waals surface area contributed by atoms with Gasteiger partial charge in [0.15, 0.2) is 0 Å². The van der Waals surface area contributed by atoms with Gasteiger partial charge in [0.05, 0.1) is 21.5 Å². The second-order valence-corrected chi connectivity index (χ2v) is 8.59. The molecule has 0 atom stereocenters. The summed E-state index contributed by atoms with van der Waals surface area (Å²) in [5.41, 5.74) is 1.26. The van der Waals surface area contributed by atoms with Crippen molar-refractivity contribution < 1.29 is 13.2 Å². The molecular formula is C21H18N4O3S. The van der Waals surface area contributed by atoms with E-state index >= 15 is 0 Å². The molecule has 1 amide bonds. The molecule has 2 aromatic carbocycles. The van der Waals surface area contributed by atoms with E-state index in [1.807, 2.05) is 30.3 Å². The summed E-state index contributed by atoms with van der Waals surface area (Å²) in [4.78, 5) is 19.0. The minimum absolute atomic E-state index is 0.000491. The Hall–Kier alpha value is -3.28. The summed E-state index contributed by atoms with van der Waals surface area (Å²) < 4.78 is 27.2. The summed E-state index contributed by atoms with van der Waals surface area (Å²) >= 11 is 0. The number of carbonyl (C=O) groups is 1. The zero-order chi connectivity index (χ0) is 20.4. The Bertz CT molecular complexity index is 1220. The first-order chi connectivity index (χ1) is 14.0. The number of hydrogen-bond acceptors (Lipinski definition) is 5. The number of rotatable bonds is 3. The van der Waals surface area contributed by atoms with Crippen molar-refractivity contribution in [3.63, 3.8) is 0 Å². The number of benzene rings is 2. The van der Waals surface area contributed by atoms with Gasteiger partial charge >= 0.3 is 0 Å². The molecule has 4 rings (SSSR count). The third-order valence-electron chi connectivity index (χ3n) is 5.01. The highest BCUT2D eigenvalue weighted by Gasteiger charge is 2.32. The second-order valence-electron chi connectivity index (χ2n) is 6.68. The van der Waals surface area contributed by atoms with Gasteiger partial charge in [0.1, 0.15) is 6.07 Å². The zero-order valence-corrected chi connectivity index (χ0v) is 16.3. The van der Waals surface area contributed by atoms with Crippen LogP contribution in [-0.2, 0) is 10.0 Å². The highest BCUT2D eigenvalue weighted by Crippen LogP contribution is 2.23. The maximum Gasteiger partial charge on any atom is 0.256 e. The Balaban J connectivity index is 1.54. The molecule has 8 heteroatoms. The highest BCUT2D eigenvalue weighted by atomic mass is 32.2. The van der Waals surface area contributed by atoms with E-state index < -0.39 is 10.0 Å². The lowest BCUT2D eigenvalue weighted by molar-refractivity contribution is 0.0699. The number of carbonyl (C=O) groups excluding carboxylic acids is 1. The van der Waals surface area contributed by atoms with Gasteiger partial charge in [0, 0.05) is 37.8 Å². The Morgan fingerprint density at radius 1 is 0.966 bits per heavy atom. The molecule has 1 aliphatic heterocycles. The average molecular weight is 406 g/mol. The van der Waals surface area contributed by atoms with Crippen LogP contribution < -0.4 is 0 Å². The van der Waals surface area contributed by atoms with Gasteiger partial charge in [-0.3, -0.25) is 9.78 Å². The number of nitrogens with zero attached hydrogens (tertiary/aromatic N) is 4. The molecule has 29 heavy (non-hydrogen) atoms. The molecule has 0 spiro atoms. The fourth-order valence-corrected chi connectivity index (χ4v) is 5.07. The Morgan fingerprint density at radius 3 is 2.45 bits per heavy atom. The predicted octanol–water partition coefficient (Wildman–Crippen LogP) is 2.25. The van der Waals surface area contributed by atoms with Gasteiger partial charge in [-0.1, -0.05) is 30.3 Å². The molecule has 1 fully saturated rings. The molecule has 2 heterocycles. The number of sulfonamides is 1. The molecule has 0 saturated carbocycles. The number of amides is 1. The summed E-state index contributed by atoms with van der Waals surface area (Å²) in [7, 11) is -3.79. The van der Waals surface area contributed by atoms with E-state index in [4.69, 9.17) is 0 Å².